The Morgan fingerprint density at radius 3 is 2.35 bits per heavy atom. The molecule has 2 atom stereocenters. The number of rotatable bonds is 13. The lowest BCUT2D eigenvalue weighted by Crippen LogP contribution is -2.04. The van der Waals surface area contributed by atoms with Gasteiger partial charge in [0, 0.05) is 6.42 Å². The lowest BCUT2D eigenvalue weighted by Gasteiger charge is -2.11. The molecule has 0 heterocycles. The van der Waals surface area contributed by atoms with Crippen molar-refractivity contribution in [1.29, 1.82) is 0 Å². The molecule has 0 aromatic rings. The van der Waals surface area contributed by atoms with Crippen molar-refractivity contribution in [1.82, 2.24) is 0 Å². The van der Waals surface area contributed by atoms with Crippen molar-refractivity contribution in [3.05, 3.63) is 12.2 Å². The molecule has 0 amide bonds. The zero-order chi connectivity index (χ0) is 15.2. The largest absolute Gasteiger partial charge is 0.481 e. The Morgan fingerprint density at radius 1 is 1.00 bits per heavy atom. The second-order valence-corrected chi connectivity index (χ2v) is 6.30. The van der Waals surface area contributed by atoms with Gasteiger partial charge < -0.3 is 5.11 Å². The number of carbonyl (C=O) groups is 1. The number of carboxylic acid groups (broad SMARTS) is 1. The Labute approximate surface area is 125 Å². The maximum atomic E-state index is 10.6. The third kappa shape index (κ3) is 13.6. The monoisotopic (exact) mass is 282 g/mol. The van der Waals surface area contributed by atoms with Crippen LogP contribution in [0.5, 0.6) is 0 Å². The summed E-state index contributed by atoms with van der Waals surface area (Å²) in [5.41, 5.74) is 0. The molecule has 0 spiro atoms. The highest BCUT2D eigenvalue weighted by Gasteiger charge is 2.08. The minimum absolute atomic E-state index is 0.312. The van der Waals surface area contributed by atoms with Crippen LogP contribution in [0.2, 0.25) is 0 Å². The van der Waals surface area contributed by atoms with Gasteiger partial charge in [-0.15, -0.1) is 0 Å². The van der Waals surface area contributed by atoms with E-state index in [9.17, 15) is 4.79 Å². The summed E-state index contributed by atoms with van der Waals surface area (Å²) in [6, 6.07) is 0. The van der Waals surface area contributed by atoms with E-state index in [0.29, 0.717) is 12.3 Å². The number of allylic oxidation sites excluding steroid dienone is 2. The average molecular weight is 282 g/mol. The maximum Gasteiger partial charge on any atom is 0.303 e. The van der Waals surface area contributed by atoms with E-state index in [1.807, 2.05) is 6.92 Å². The second-order valence-electron chi connectivity index (χ2n) is 6.30. The molecule has 0 aromatic heterocycles. The number of hydrogen-bond donors (Lipinski definition) is 1. The molecule has 0 radical (unpaired) electrons. The lowest BCUT2D eigenvalue weighted by molar-refractivity contribution is -0.138. The van der Waals surface area contributed by atoms with E-state index in [4.69, 9.17) is 5.11 Å². The van der Waals surface area contributed by atoms with Gasteiger partial charge in [-0.3, -0.25) is 4.79 Å². The molecule has 0 saturated carbocycles. The van der Waals surface area contributed by atoms with Crippen LogP contribution < -0.4 is 0 Å². The van der Waals surface area contributed by atoms with Crippen LogP contribution >= 0.6 is 0 Å². The topological polar surface area (TPSA) is 37.3 Å². The lowest BCUT2D eigenvalue weighted by atomic mass is 9.95. The third-order valence-corrected chi connectivity index (χ3v) is 3.85. The van der Waals surface area contributed by atoms with Crippen molar-refractivity contribution in [2.45, 2.75) is 85.0 Å². The summed E-state index contributed by atoms with van der Waals surface area (Å²) in [5, 5.41) is 8.70. The summed E-state index contributed by atoms with van der Waals surface area (Å²) in [6.07, 6.45) is 16.1. The van der Waals surface area contributed by atoms with Gasteiger partial charge in [0.15, 0.2) is 0 Å². The molecule has 20 heavy (non-hydrogen) atoms. The molecule has 0 rings (SSSR count). The first-order valence-corrected chi connectivity index (χ1v) is 8.43. The van der Waals surface area contributed by atoms with E-state index in [-0.39, 0.29) is 0 Å². The van der Waals surface area contributed by atoms with Crippen LogP contribution in [0, 0.1) is 11.8 Å². The predicted octanol–water partition coefficient (Wildman–Crippen LogP) is 5.82. The molecule has 0 fully saturated rings. The molecule has 118 valence electrons. The number of carboxylic acids is 1. The molecule has 0 aromatic carbocycles. The highest BCUT2D eigenvalue weighted by Crippen LogP contribution is 2.18. The number of aliphatic carboxylic acids is 1. The second kappa shape index (κ2) is 13.2. The molecule has 0 bridgehead atoms. The maximum absolute atomic E-state index is 10.6. The molecule has 2 nitrogen and oxygen atoms in total. The fraction of sp³-hybridized carbons (Fsp3) is 0.833. The summed E-state index contributed by atoms with van der Waals surface area (Å²) in [5.74, 6) is 0.365. The first kappa shape index (κ1) is 19.2. The molecule has 0 aliphatic heterocycles. The van der Waals surface area contributed by atoms with Gasteiger partial charge in [-0.05, 0) is 31.1 Å². The summed E-state index contributed by atoms with van der Waals surface area (Å²) < 4.78 is 0. The van der Waals surface area contributed by atoms with Crippen LogP contribution in [0.1, 0.15) is 85.0 Å². The summed E-state index contributed by atoms with van der Waals surface area (Å²) in [7, 11) is 0. The van der Waals surface area contributed by atoms with Gasteiger partial charge in [0.05, 0.1) is 0 Å². The van der Waals surface area contributed by atoms with E-state index in [0.717, 1.165) is 18.8 Å². The van der Waals surface area contributed by atoms with Gasteiger partial charge >= 0.3 is 5.97 Å². The number of unbranched alkanes of at least 4 members (excludes halogenated alkanes) is 4. The van der Waals surface area contributed by atoms with Crippen LogP contribution in [0.3, 0.4) is 0 Å². The van der Waals surface area contributed by atoms with Gasteiger partial charge in [-0.1, -0.05) is 71.4 Å². The van der Waals surface area contributed by atoms with E-state index in [1.165, 1.54) is 44.9 Å². The number of hydrogen-bond acceptors (Lipinski definition) is 1. The molecule has 0 aliphatic rings. The van der Waals surface area contributed by atoms with Crippen LogP contribution in [-0.2, 0) is 4.79 Å². The Bertz CT molecular complexity index is 258. The molecule has 0 saturated heterocycles. The Kier molecular flexibility index (Phi) is 12.7. The van der Waals surface area contributed by atoms with E-state index in [2.05, 4.69) is 26.0 Å². The van der Waals surface area contributed by atoms with Crippen molar-refractivity contribution in [3.63, 3.8) is 0 Å². The summed E-state index contributed by atoms with van der Waals surface area (Å²) in [6.45, 7) is 6.58. The quantitative estimate of drug-likeness (QED) is 0.341. The predicted molar refractivity (Wildman–Crippen MR) is 86.9 cm³/mol. The van der Waals surface area contributed by atoms with Gasteiger partial charge in [0.25, 0.3) is 0 Å². The summed E-state index contributed by atoms with van der Waals surface area (Å²) >= 11 is 0. The van der Waals surface area contributed by atoms with Crippen molar-refractivity contribution in [3.8, 4) is 0 Å². The van der Waals surface area contributed by atoms with Gasteiger partial charge in [-0.2, -0.15) is 0 Å². The SMILES string of the molecule is CCCCCCC=CCC(C)CCCC(C)CC(=O)O. The van der Waals surface area contributed by atoms with Crippen molar-refractivity contribution in [2.24, 2.45) is 11.8 Å². The Hall–Kier alpha value is -0.790. The first-order chi connectivity index (χ1) is 9.56. The Morgan fingerprint density at radius 2 is 1.70 bits per heavy atom. The zero-order valence-electron chi connectivity index (χ0n) is 13.7. The van der Waals surface area contributed by atoms with E-state index in [1.54, 1.807) is 0 Å². The highest BCUT2D eigenvalue weighted by molar-refractivity contribution is 5.66. The van der Waals surface area contributed by atoms with Crippen molar-refractivity contribution in [2.75, 3.05) is 0 Å². The molecule has 0 aliphatic carbocycles. The van der Waals surface area contributed by atoms with E-state index >= 15 is 0 Å². The Balaban J connectivity index is 3.46. The van der Waals surface area contributed by atoms with Gasteiger partial charge in [-0.25, -0.2) is 0 Å². The third-order valence-electron chi connectivity index (χ3n) is 3.85. The minimum atomic E-state index is -0.670. The minimum Gasteiger partial charge on any atom is -0.481 e. The van der Waals surface area contributed by atoms with E-state index < -0.39 is 5.97 Å². The van der Waals surface area contributed by atoms with Gasteiger partial charge in [0.2, 0.25) is 0 Å². The van der Waals surface area contributed by atoms with Crippen molar-refractivity contribution < 1.29 is 9.90 Å². The van der Waals surface area contributed by atoms with Crippen LogP contribution in [-0.4, -0.2) is 11.1 Å². The smallest absolute Gasteiger partial charge is 0.303 e. The van der Waals surface area contributed by atoms with Crippen LogP contribution in [0.4, 0.5) is 0 Å². The normalized spacial score (nSPS) is 14.6. The molecule has 2 unspecified atom stereocenters. The molecule has 2 heteroatoms. The standard InChI is InChI=1S/C18H34O2/c1-4-5-6-7-8-9-10-12-16(2)13-11-14-17(3)15-18(19)20/h9-10,16-17H,4-8,11-15H2,1-3H3,(H,19,20). The van der Waals surface area contributed by atoms with Gasteiger partial charge in [0.1, 0.15) is 0 Å². The molecular weight excluding hydrogens is 248 g/mol. The van der Waals surface area contributed by atoms with Crippen LogP contribution in [0.15, 0.2) is 12.2 Å². The molecular formula is C18H34O2. The molecule has 1 N–H and O–H groups in total. The summed E-state index contributed by atoms with van der Waals surface area (Å²) in [4.78, 5) is 10.6. The van der Waals surface area contributed by atoms with Crippen LogP contribution in [0.25, 0.3) is 0 Å². The zero-order valence-corrected chi connectivity index (χ0v) is 13.7. The average Bonchev–Trinajstić information content (AvgIpc) is 2.36. The first-order valence-electron chi connectivity index (χ1n) is 8.43. The fourth-order valence-corrected chi connectivity index (χ4v) is 2.47. The highest BCUT2D eigenvalue weighted by atomic mass is 16.4. The fourth-order valence-electron chi connectivity index (χ4n) is 2.47. The van der Waals surface area contributed by atoms with Crippen molar-refractivity contribution >= 4 is 5.97 Å².